The van der Waals surface area contributed by atoms with Gasteiger partial charge in [-0.15, -0.1) is 0 Å². The van der Waals surface area contributed by atoms with Crippen LogP contribution in [-0.4, -0.2) is 15.9 Å². The Morgan fingerprint density at radius 2 is 1.78 bits per heavy atom. The highest BCUT2D eigenvalue weighted by Gasteiger charge is 2.16. The molecule has 0 radical (unpaired) electrons. The maximum Gasteiger partial charge on any atom is 0.282 e. The van der Waals surface area contributed by atoms with Crippen LogP contribution in [0.2, 0.25) is 5.02 Å². The standard InChI is InChI=1S/C26H20Br4ClN3O2/c1-3-14(2)25-33-23-7-6-17(27)10-19(23)26(35)34(25)32-12-15-8-21(30)24(22(31)9-15)36-13-16-4-5-18(28)11-20(16)29/h4-12,14H,3,13H2,1-2H3/t14-/m0/s1. The maximum absolute atomic E-state index is 13.3. The van der Waals surface area contributed by atoms with Gasteiger partial charge in [0.25, 0.3) is 5.56 Å². The third-order valence-electron chi connectivity index (χ3n) is 5.62. The molecule has 3 aromatic carbocycles. The molecule has 0 spiro atoms. The van der Waals surface area contributed by atoms with Crippen LogP contribution in [0, 0.1) is 0 Å². The number of rotatable bonds is 7. The van der Waals surface area contributed by atoms with Crippen molar-refractivity contribution in [2.75, 3.05) is 0 Å². The number of hydrogen-bond donors (Lipinski definition) is 0. The smallest absolute Gasteiger partial charge is 0.282 e. The third-order valence-corrected chi connectivity index (χ3v) is 8.21. The second-order valence-electron chi connectivity index (χ2n) is 8.14. The first-order valence-corrected chi connectivity index (χ1v) is 14.5. The van der Waals surface area contributed by atoms with Gasteiger partial charge in [0.2, 0.25) is 0 Å². The van der Waals surface area contributed by atoms with Crippen LogP contribution < -0.4 is 10.3 Å². The minimum absolute atomic E-state index is 0.0481. The molecule has 1 atom stereocenters. The van der Waals surface area contributed by atoms with Crippen molar-refractivity contribution in [1.82, 2.24) is 9.66 Å². The van der Waals surface area contributed by atoms with E-state index in [1.54, 1.807) is 18.3 Å². The van der Waals surface area contributed by atoms with Crippen LogP contribution in [0.4, 0.5) is 0 Å². The predicted octanol–water partition coefficient (Wildman–Crippen LogP) is 9.07. The molecule has 5 nitrogen and oxygen atoms in total. The number of benzene rings is 3. The van der Waals surface area contributed by atoms with Crippen LogP contribution >= 0.6 is 75.3 Å². The minimum Gasteiger partial charge on any atom is -0.486 e. The van der Waals surface area contributed by atoms with Crippen molar-refractivity contribution in [2.24, 2.45) is 5.10 Å². The Balaban J connectivity index is 1.66. The van der Waals surface area contributed by atoms with E-state index in [-0.39, 0.29) is 11.5 Å². The number of halogens is 5. The number of hydrogen-bond acceptors (Lipinski definition) is 4. The van der Waals surface area contributed by atoms with Gasteiger partial charge < -0.3 is 4.74 Å². The lowest BCUT2D eigenvalue weighted by Gasteiger charge is -2.14. The number of fused-ring (bicyclic) bond motifs is 1. The van der Waals surface area contributed by atoms with Crippen LogP contribution in [-0.2, 0) is 6.61 Å². The Kier molecular flexibility index (Phi) is 9.09. The van der Waals surface area contributed by atoms with Crippen LogP contribution in [0.5, 0.6) is 5.75 Å². The first kappa shape index (κ1) is 27.5. The minimum atomic E-state index is -0.224. The highest BCUT2D eigenvalue weighted by Crippen LogP contribution is 2.35. The lowest BCUT2D eigenvalue weighted by Crippen LogP contribution is -2.23. The van der Waals surface area contributed by atoms with Gasteiger partial charge in [-0.3, -0.25) is 4.79 Å². The van der Waals surface area contributed by atoms with Crippen molar-refractivity contribution in [1.29, 1.82) is 0 Å². The van der Waals surface area contributed by atoms with Crippen molar-refractivity contribution in [3.63, 3.8) is 0 Å². The summed E-state index contributed by atoms with van der Waals surface area (Å²) in [7, 11) is 0. The Morgan fingerprint density at radius 1 is 1.06 bits per heavy atom. The van der Waals surface area contributed by atoms with Gasteiger partial charge in [0.15, 0.2) is 5.75 Å². The van der Waals surface area contributed by atoms with Crippen molar-refractivity contribution in [3.8, 4) is 5.75 Å². The van der Waals surface area contributed by atoms with Crippen LogP contribution in [0.3, 0.4) is 0 Å². The van der Waals surface area contributed by atoms with Gasteiger partial charge in [-0.2, -0.15) is 9.78 Å². The number of ether oxygens (including phenoxy) is 1. The topological polar surface area (TPSA) is 56.5 Å². The molecule has 0 aliphatic heterocycles. The fraction of sp³-hybridized carbons (Fsp3) is 0.192. The second kappa shape index (κ2) is 11.9. The van der Waals surface area contributed by atoms with Crippen molar-refractivity contribution >= 4 is 92.4 Å². The molecule has 0 bridgehead atoms. The molecule has 36 heavy (non-hydrogen) atoms. The molecule has 186 valence electrons. The summed E-state index contributed by atoms with van der Waals surface area (Å²) in [5.41, 5.74) is 2.12. The quantitative estimate of drug-likeness (QED) is 0.177. The number of nitrogens with zero attached hydrogens (tertiary/aromatic N) is 3. The molecular weight excluding hydrogens is 741 g/mol. The van der Waals surface area contributed by atoms with Crippen LogP contribution in [0.25, 0.3) is 10.9 Å². The molecule has 0 aliphatic rings. The van der Waals surface area contributed by atoms with Crippen molar-refractivity contribution < 1.29 is 4.74 Å². The summed E-state index contributed by atoms with van der Waals surface area (Å²) in [4.78, 5) is 18.1. The first-order valence-electron chi connectivity index (χ1n) is 11.0. The van der Waals surface area contributed by atoms with E-state index in [0.29, 0.717) is 44.1 Å². The summed E-state index contributed by atoms with van der Waals surface area (Å²) in [6, 6.07) is 15.0. The molecule has 0 amide bonds. The molecular formula is C26H20Br4ClN3O2. The Bertz CT molecular complexity index is 1520. The zero-order chi connectivity index (χ0) is 26.0. The molecule has 0 fully saturated rings. The summed E-state index contributed by atoms with van der Waals surface area (Å²) in [5, 5.41) is 5.44. The third kappa shape index (κ3) is 6.13. The van der Waals surface area contributed by atoms with E-state index in [0.717, 1.165) is 25.4 Å². The predicted molar refractivity (Wildman–Crippen MR) is 161 cm³/mol. The molecule has 0 unspecified atom stereocenters. The summed E-state index contributed by atoms with van der Waals surface area (Å²) in [5.74, 6) is 1.18. The van der Waals surface area contributed by atoms with Gasteiger partial charge >= 0.3 is 0 Å². The molecule has 0 saturated heterocycles. The fourth-order valence-corrected chi connectivity index (χ4v) is 6.00. The van der Waals surface area contributed by atoms with E-state index >= 15 is 0 Å². The van der Waals surface area contributed by atoms with E-state index < -0.39 is 0 Å². The maximum atomic E-state index is 13.3. The van der Waals surface area contributed by atoms with Gasteiger partial charge in [0.05, 0.1) is 26.6 Å². The molecule has 4 aromatic rings. The van der Waals surface area contributed by atoms with E-state index in [9.17, 15) is 4.79 Å². The normalized spacial score (nSPS) is 12.4. The Morgan fingerprint density at radius 3 is 2.47 bits per heavy atom. The largest absolute Gasteiger partial charge is 0.486 e. The van der Waals surface area contributed by atoms with E-state index in [2.05, 4.69) is 75.7 Å². The molecule has 1 heterocycles. The molecule has 0 N–H and O–H groups in total. The summed E-state index contributed by atoms with van der Waals surface area (Å²) >= 11 is 20.5. The monoisotopic (exact) mass is 757 g/mol. The van der Waals surface area contributed by atoms with E-state index in [1.165, 1.54) is 4.68 Å². The Labute approximate surface area is 247 Å². The fourth-order valence-electron chi connectivity index (χ4n) is 3.48. The van der Waals surface area contributed by atoms with E-state index in [4.69, 9.17) is 21.3 Å². The molecule has 10 heteroatoms. The number of aromatic nitrogens is 2. The first-order chi connectivity index (χ1) is 17.2. The molecule has 1 aromatic heterocycles. The van der Waals surface area contributed by atoms with E-state index in [1.807, 2.05) is 43.3 Å². The van der Waals surface area contributed by atoms with Gasteiger partial charge in [0.1, 0.15) is 12.4 Å². The van der Waals surface area contributed by atoms with Gasteiger partial charge in [0, 0.05) is 24.9 Å². The SMILES string of the molecule is CC[C@H](C)c1nc2ccc(Br)cc2c(=O)n1N=Cc1cc(Cl)c(OCc2ccc(Br)cc2Br)c(Br)c1. The summed E-state index contributed by atoms with van der Waals surface area (Å²) < 4.78 is 10.8. The van der Waals surface area contributed by atoms with Crippen molar-refractivity contribution in [3.05, 3.63) is 98.7 Å². The highest BCUT2D eigenvalue weighted by molar-refractivity contribution is 9.11. The average molecular weight is 762 g/mol. The molecule has 0 aliphatic carbocycles. The van der Waals surface area contributed by atoms with Gasteiger partial charge in [-0.1, -0.05) is 79.3 Å². The van der Waals surface area contributed by atoms with Crippen LogP contribution in [0.1, 0.15) is 43.1 Å². The molecule has 0 saturated carbocycles. The summed E-state index contributed by atoms with van der Waals surface area (Å²) in [6.07, 6.45) is 2.42. The zero-order valence-electron chi connectivity index (χ0n) is 19.2. The lowest BCUT2D eigenvalue weighted by atomic mass is 10.1. The van der Waals surface area contributed by atoms with Gasteiger partial charge in [-0.05, 0) is 70.4 Å². The van der Waals surface area contributed by atoms with Gasteiger partial charge in [-0.25, -0.2) is 4.98 Å². The zero-order valence-corrected chi connectivity index (χ0v) is 26.3. The average Bonchev–Trinajstić information content (AvgIpc) is 2.83. The van der Waals surface area contributed by atoms with Crippen molar-refractivity contribution in [2.45, 2.75) is 32.8 Å². The lowest BCUT2D eigenvalue weighted by molar-refractivity contribution is 0.303. The second-order valence-corrected chi connectivity index (χ2v) is 12.1. The molecule has 4 rings (SSSR count). The van der Waals surface area contributed by atoms with Crippen LogP contribution in [0.15, 0.2) is 76.3 Å². The highest BCUT2D eigenvalue weighted by atomic mass is 79.9. The Hall–Kier alpha value is -1.52. The summed E-state index contributed by atoms with van der Waals surface area (Å²) in [6.45, 7) is 4.42.